The number of unbranched alkanes of at least 4 members (excludes halogenated alkanes) is 1. The summed E-state index contributed by atoms with van der Waals surface area (Å²) >= 11 is 12.5. The van der Waals surface area contributed by atoms with E-state index in [-0.39, 0.29) is 5.91 Å². The maximum Gasteiger partial charge on any atom is 0.253 e. The third-order valence-corrected chi connectivity index (χ3v) is 6.50. The molecule has 1 fully saturated rings. The van der Waals surface area contributed by atoms with Crippen molar-refractivity contribution < 1.29 is 4.79 Å². The molecule has 1 amide bonds. The molecule has 0 bridgehead atoms. The molecule has 0 unspecified atom stereocenters. The van der Waals surface area contributed by atoms with E-state index in [1.807, 2.05) is 31.2 Å². The number of aromatic nitrogens is 1. The summed E-state index contributed by atoms with van der Waals surface area (Å²) in [5, 5.41) is 4.30. The predicted molar refractivity (Wildman–Crippen MR) is 126 cm³/mol. The number of rotatable bonds is 9. The lowest BCUT2D eigenvalue weighted by molar-refractivity contribution is 0.0951. The number of anilines is 1. The summed E-state index contributed by atoms with van der Waals surface area (Å²) in [4.78, 5) is 20.5. The first kappa shape index (κ1) is 23.0. The zero-order chi connectivity index (χ0) is 21.5. The van der Waals surface area contributed by atoms with Gasteiger partial charge in [0.05, 0.1) is 21.3 Å². The van der Waals surface area contributed by atoms with E-state index in [9.17, 15) is 4.79 Å². The molecule has 0 spiro atoms. The highest BCUT2D eigenvalue weighted by Crippen LogP contribution is 2.32. The van der Waals surface area contributed by atoms with E-state index >= 15 is 0 Å². The number of H-pyrrole nitrogens is 1. The number of aryl methyl sites for hydroxylation is 2. The molecular weight excluding hydrogens is 419 g/mol. The van der Waals surface area contributed by atoms with Crippen LogP contribution in [0.5, 0.6) is 0 Å². The van der Waals surface area contributed by atoms with Gasteiger partial charge >= 0.3 is 0 Å². The van der Waals surface area contributed by atoms with Gasteiger partial charge in [0.2, 0.25) is 0 Å². The molecule has 0 aliphatic carbocycles. The van der Waals surface area contributed by atoms with Crippen LogP contribution in [0.1, 0.15) is 47.9 Å². The molecule has 7 heteroatoms. The summed E-state index contributed by atoms with van der Waals surface area (Å²) in [5.74, 6) is 0.0203. The second kappa shape index (κ2) is 11.1. The van der Waals surface area contributed by atoms with Crippen LogP contribution in [0.15, 0.2) is 24.3 Å². The minimum absolute atomic E-state index is 0.0203. The van der Waals surface area contributed by atoms with Crippen molar-refractivity contribution in [3.63, 3.8) is 0 Å². The van der Waals surface area contributed by atoms with Gasteiger partial charge in [0.15, 0.2) is 0 Å². The SMILES string of the molecule is CCCCc1cc(C(=O)NCCCN2CCN(c3cccc(Cl)c3Cl)CC2)c(C)[nH]1. The third-order valence-electron chi connectivity index (χ3n) is 5.70. The Morgan fingerprint density at radius 3 is 2.67 bits per heavy atom. The molecule has 164 valence electrons. The quantitative estimate of drug-likeness (QED) is 0.533. The van der Waals surface area contributed by atoms with Crippen molar-refractivity contribution in [1.29, 1.82) is 0 Å². The predicted octanol–water partition coefficient (Wildman–Crippen LogP) is 4.91. The van der Waals surface area contributed by atoms with Crippen molar-refractivity contribution in [3.8, 4) is 0 Å². The molecule has 5 nitrogen and oxygen atoms in total. The topological polar surface area (TPSA) is 51.4 Å². The fourth-order valence-electron chi connectivity index (χ4n) is 3.91. The lowest BCUT2D eigenvalue weighted by Gasteiger charge is -2.36. The summed E-state index contributed by atoms with van der Waals surface area (Å²) in [5.41, 5.74) is 3.89. The van der Waals surface area contributed by atoms with Gasteiger partial charge < -0.3 is 15.2 Å². The standard InChI is InChI=1S/C23H32Cl2N4O/c1-3-4-7-18-16-19(17(2)27-18)23(30)26-10-6-11-28-12-14-29(15-13-28)21-9-5-8-20(24)22(21)25/h5,8-9,16,27H,3-4,6-7,10-15H2,1-2H3,(H,26,30). The van der Waals surface area contributed by atoms with E-state index in [4.69, 9.17) is 23.2 Å². The van der Waals surface area contributed by atoms with E-state index in [2.05, 4.69) is 27.0 Å². The molecule has 1 aliphatic rings. The maximum absolute atomic E-state index is 12.5. The summed E-state index contributed by atoms with van der Waals surface area (Å²) in [6.45, 7) is 9.62. The third kappa shape index (κ3) is 5.93. The molecule has 0 radical (unpaired) electrons. The van der Waals surface area contributed by atoms with Crippen molar-refractivity contribution in [2.45, 2.75) is 39.5 Å². The largest absolute Gasteiger partial charge is 0.368 e. The van der Waals surface area contributed by atoms with Gasteiger partial charge in [0.1, 0.15) is 0 Å². The Bertz CT molecular complexity index is 844. The van der Waals surface area contributed by atoms with Gasteiger partial charge in [-0.15, -0.1) is 0 Å². The first-order chi connectivity index (χ1) is 14.5. The average molecular weight is 451 g/mol. The summed E-state index contributed by atoms with van der Waals surface area (Å²) in [6, 6.07) is 7.78. The van der Waals surface area contributed by atoms with Crippen molar-refractivity contribution in [2.24, 2.45) is 0 Å². The zero-order valence-corrected chi connectivity index (χ0v) is 19.5. The van der Waals surface area contributed by atoms with Gasteiger partial charge in [-0.1, -0.05) is 42.6 Å². The Morgan fingerprint density at radius 2 is 1.93 bits per heavy atom. The Morgan fingerprint density at radius 1 is 1.17 bits per heavy atom. The molecule has 2 heterocycles. The van der Waals surface area contributed by atoms with Crippen LogP contribution >= 0.6 is 23.2 Å². The second-order valence-corrected chi connectivity index (χ2v) is 8.73. The molecule has 1 aromatic carbocycles. The zero-order valence-electron chi connectivity index (χ0n) is 17.9. The van der Waals surface area contributed by atoms with Gasteiger partial charge in [0, 0.05) is 44.1 Å². The first-order valence-corrected chi connectivity index (χ1v) is 11.6. The fraction of sp³-hybridized carbons (Fsp3) is 0.522. The number of benzene rings is 1. The highest BCUT2D eigenvalue weighted by atomic mass is 35.5. The minimum atomic E-state index is 0.0203. The molecule has 0 saturated carbocycles. The van der Waals surface area contributed by atoms with Gasteiger partial charge in [-0.2, -0.15) is 0 Å². The number of hydrogen-bond donors (Lipinski definition) is 2. The highest BCUT2D eigenvalue weighted by Gasteiger charge is 2.19. The van der Waals surface area contributed by atoms with Crippen LogP contribution in [0.25, 0.3) is 0 Å². The lowest BCUT2D eigenvalue weighted by atomic mass is 10.2. The molecular formula is C23H32Cl2N4O. The number of nitrogens with zero attached hydrogens (tertiary/aromatic N) is 2. The molecule has 1 saturated heterocycles. The molecule has 2 aromatic rings. The Labute approximate surface area is 189 Å². The molecule has 3 rings (SSSR count). The van der Waals surface area contributed by atoms with E-state index in [0.29, 0.717) is 16.6 Å². The number of piperazine rings is 1. The van der Waals surface area contributed by atoms with Crippen molar-refractivity contribution in [3.05, 3.63) is 51.3 Å². The van der Waals surface area contributed by atoms with Crippen LogP contribution in [0.2, 0.25) is 10.0 Å². The van der Waals surface area contributed by atoms with Gasteiger partial charge in [0.25, 0.3) is 5.91 Å². The van der Waals surface area contributed by atoms with Crippen molar-refractivity contribution in [1.82, 2.24) is 15.2 Å². The number of carbonyl (C=O) groups excluding carboxylic acids is 1. The molecule has 30 heavy (non-hydrogen) atoms. The second-order valence-electron chi connectivity index (χ2n) is 7.95. The van der Waals surface area contributed by atoms with E-state index in [0.717, 1.165) is 81.0 Å². The monoisotopic (exact) mass is 450 g/mol. The normalized spacial score (nSPS) is 14.9. The highest BCUT2D eigenvalue weighted by molar-refractivity contribution is 6.43. The summed E-state index contributed by atoms with van der Waals surface area (Å²) in [7, 11) is 0. The lowest BCUT2D eigenvalue weighted by Crippen LogP contribution is -2.47. The van der Waals surface area contributed by atoms with Crippen LogP contribution in [0, 0.1) is 6.92 Å². The smallest absolute Gasteiger partial charge is 0.253 e. The average Bonchev–Trinajstić information content (AvgIpc) is 3.12. The molecule has 1 aliphatic heterocycles. The number of carbonyl (C=O) groups is 1. The Kier molecular flexibility index (Phi) is 8.49. The van der Waals surface area contributed by atoms with Crippen LogP contribution in [0.3, 0.4) is 0 Å². The maximum atomic E-state index is 12.5. The Balaban J connectivity index is 1.38. The number of halogens is 2. The van der Waals surface area contributed by atoms with Crippen LogP contribution in [-0.4, -0.2) is 55.1 Å². The summed E-state index contributed by atoms with van der Waals surface area (Å²) in [6.07, 6.45) is 4.23. The van der Waals surface area contributed by atoms with Crippen molar-refractivity contribution >= 4 is 34.8 Å². The van der Waals surface area contributed by atoms with Crippen LogP contribution in [0.4, 0.5) is 5.69 Å². The number of nitrogens with one attached hydrogen (secondary N) is 2. The van der Waals surface area contributed by atoms with Crippen LogP contribution in [-0.2, 0) is 6.42 Å². The van der Waals surface area contributed by atoms with E-state index < -0.39 is 0 Å². The van der Waals surface area contributed by atoms with E-state index in [1.54, 1.807) is 0 Å². The van der Waals surface area contributed by atoms with Gasteiger partial charge in [-0.3, -0.25) is 9.69 Å². The number of amides is 1. The fourth-order valence-corrected chi connectivity index (χ4v) is 4.33. The van der Waals surface area contributed by atoms with Gasteiger partial charge in [-0.05, 0) is 50.9 Å². The Hall–Kier alpha value is -1.69. The molecule has 2 N–H and O–H groups in total. The molecule has 1 aromatic heterocycles. The van der Waals surface area contributed by atoms with Gasteiger partial charge in [-0.25, -0.2) is 0 Å². The molecule has 0 atom stereocenters. The summed E-state index contributed by atoms with van der Waals surface area (Å²) < 4.78 is 0. The number of aromatic amines is 1. The first-order valence-electron chi connectivity index (χ1n) is 10.9. The van der Waals surface area contributed by atoms with Crippen LogP contribution < -0.4 is 10.2 Å². The van der Waals surface area contributed by atoms with E-state index in [1.165, 1.54) is 0 Å². The van der Waals surface area contributed by atoms with Crippen molar-refractivity contribution in [2.75, 3.05) is 44.2 Å². The minimum Gasteiger partial charge on any atom is -0.368 e. The number of hydrogen-bond acceptors (Lipinski definition) is 3.